The number of imide groups is 1. The Morgan fingerprint density at radius 3 is 2.21 bits per heavy atom. The number of hydrogen-bond acceptors (Lipinski definition) is 7. The largest absolute Gasteiger partial charge is 0.325 e. The van der Waals surface area contributed by atoms with Crippen molar-refractivity contribution in [2.24, 2.45) is 11.8 Å². The summed E-state index contributed by atoms with van der Waals surface area (Å²) in [6.45, 7) is 5.84. The smallest absolute Gasteiger partial charge is 0.325 e. The lowest BCUT2D eigenvalue weighted by Gasteiger charge is -2.34. The highest BCUT2D eigenvalue weighted by Crippen LogP contribution is 2.30. The minimum absolute atomic E-state index is 0.116. The molecule has 2 aliphatic rings. The Morgan fingerprint density at radius 2 is 1.66 bits per heavy atom. The molecule has 0 unspecified atom stereocenters. The van der Waals surface area contributed by atoms with Crippen LogP contribution in [0.4, 0.5) is 16.2 Å². The molecule has 0 aliphatic carbocycles. The Hall–Kier alpha value is -3.84. The summed E-state index contributed by atoms with van der Waals surface area (Å²) in [6, 6.07) is 10.2. The summed E-state index contributed by atoms with van der Waals surface area (Å²) in [5.41, 5.74) is -1.02. The molecule has 0 saturated carbocycles. The van der Waals surface area contributed by atoms with Crippen molar-refractivity contribution in [1.82, 2.24) is 14.5 Å². The third-order valence-corrected chi connectivity index (χ3v) is 8.69. The van der Waals surface area contributed by atoms with Crippen LogP contribution in [0.1, 0.15) is 32.8 Å². The molecule has 3 atom stereocenters. The molecule has 0 spiro atoms. The molecule has 2 aromatic carbocycles. The van der Waals surface area contributed by atoms with Gasteiger partial charge in [0.25, 0.3) is 11.6 Å². The second-order valence-corrected chi connectivity index (χ2v) is 12.0. The Labute approximate surface area is 220 Å². The number of urea groups is 1. The van der Waals surface area contributed by atoms with E-state index in [0.29, 0.717) is 24.3 Å². The SMILES string of the molecule is C[C@@H]1C[C@@H](C)CN(S(=O)(=O)c2ccc(NC(=O)CN3C(=O)N[C@@](C)(c4ccc([N+](=O)[O-])cc4)C3=O)cc2)C1. The van der Waals surface area contributed by atoms with E-state index >= 15 is 0 Å². The van der Waals surface area contributed by atoms with Gasteiger partial charge in [0.15, 0.2) is 0 Å². The zero-order valence-electron chi connectivity index (χ0n) is 21.2. The van der Waals surface area contributed by atoms with Gasteiger partial charge in [0.1, 0.15) is 12.1 Å². The number of piperidine rings is 1. The second kappa shape index (κ2) is 10.1. The molecule has 13 heteroatoms. The number of carbonyl (C=O) groups excluding carboxylic acids is 3. The zero-order valence-corrected chi connectivity index (χ0v) is 22.0. The number of anilines is 1. The van der Waals surface area contributed by atoms with E-state index < -0.39 is 44.9 Å². The Balaban J connectivity index is 1.41. The Bertz CT molecular complexity index is 1370. The standard InChI is InChI=1S/C25H29N5O7S/c1-16-12-17(2)14-28(13-16)38(36,37)21-10-6-19(7-11-21)26-22(31)15-29-23(32)25(3,27-24(29)33)18-4-8-20(9-5-18)30(34)35/h4-11,16-17H,12-15H2,1-3H3,(H,26,31)(H,27,33)/t16-,17-,25+/m1/s1. The van der Waals surface area contributed by atoms with Crippen molar-refractivity contribution in [2.45, 2.75) is 37.6 Å². The number of benzene rings is 2. The molecule has 2 fully saturated rings. The second-order valence-electron chi connectivity index (χ2n) is 10.1. The number of nitrogens with one attached hydrogen (secondary N) is 2. The zero-order chi connectivity index (χ0) is 27.8. The first-order valence-corrected chi connectivity index (χ1v) is 13.5. The maximum Gasteiger partial charge on any atom is 0.325 e. The first-order chi connectivity index (χ1) is 17.8. The van der Waals surface area contributed by atoms with Crippen molar-refractivity contribution in [2.75, 3.05) is 25.0 Å². The average Bonchev–Trinajstić information content (AvgIpc) is 3.07. The molecular weight excluding hydrogens is 514 g/mol. The van der Waals surface area contributed by atoms with Gasteiger partial charge >= 0.3 is 6.03 Å². The van der Waals surface area contributed by atoms with Crippen LogP contribution in [0.15, 0.2) is 53.4 Å². The van der Waals surface area contributed by atoms with Crippen molar-refractivity contribution < 1.29 is 27.7 Å². The van der Waals surface area contributed by atoms with Crippen LogP contribution in [-0.4, -0.2) is 60.0 Å². The molecule has 4 rings (SSSR count). The molecule has 202 valence electrons. The maximum absolute atomic E-state index is 13.1. The molecule has 4 amide bonds. The lowest BCUT2D eigenvalue weighted by Crippen LogP contribution is -2.42. The van der Waals surface area contributed by atoms with Gasteiger partial charge in [0.2, 0.25) is 15.9 Å². The molecule has 2 aliphatic heterocycles. The van der Waals surface area contributed by atoms with Gasteiger partial charge in [-0.1, -0.05) is 13.8 Å². The summed E-state index contributed by atoms with van der Waals surface area (Å²) in [5.74, 6) is -0.812. The maximum atomic E-state index is 13.1. The molecule has 2 saturated heterocycles. The summed E-state index contributed by atoms with van der Waals surface area (Å²) in [6.07, 6.45) is 0.974. The lowest BCUT2D eigenvalue weighted by atomic mass is 9.92. The number of nitro benzene ring substituents is 1. The van der Waals surface area contributed by atoms with Gasteiger partial charge in [-0.25, -0.2) is 13.2 Å². The van der Waals surface area contributed by atoms with Crippen molar-refractivity contribution in [3.8, 4) is 0 Å². The van der Waals surface area contributed by atoms with E-state index in [2.05, 4.69) is 10.6 Å². The normalized spacial score (nSPS) is 24.2. The van der Waals surface area contributed by atoms with Crippen LogP contribution in [0.3, 0.4) is 0 Å². The monoisotopic (exact) mass is 543 g/mol. The van der Waals surface area contributed by atoms with E-state index in [0.717, 1.165) is 11.3 Å². The predicted molar refractivity (Wildman–Crippen MR) is 137 cm³/mol. The number of carbonyl (C=O) groups is 3. The highest BCUT2D eigenvalue weighted by atomic mass is 32.2. The molecule has 2 aromatic rings. The first kappa shape index (κ1) is 27.2. The van der Waals surface area contributed by atoms with Gasteiger partial charge < -0.3 is 10.6 Å². The van der Waals surface area contributed by atoms with Crippen LogP contribution < -0.4 is 10.6 Å². The fourth-order valence-electron chi connectivity index (χ4n) is 4.96. The number of nitro groups is 1. The summed E-state index contributed by atoms with van der Waals surface area (Å²) in [5, 5.41) is 16.0. The number of nitrogens with zero attached hydrogens (tertiary/aromatic N) is 3. The summed E-state index contributed by atoms with van der Waals surface area (Å²) in [7, 11) is -3.68. The van der Waals surface area contributed by atoms with Crippen LogP contribution in [0.2, 0.25) is 0 Å². The topological polar surface area (TPSA) is 159 Å². The summed E-state index contributed by atoms with van der Waals surface area (Å²) in [4.78, 5) is 49.4. The molecule has 0 bridgehead atoms. The van der Waals surface area contributed by atoms with Gasteiger partial charge in [0.05, 0.1) is 9.82 Å². The Morgan fingerprint density at radius 1 is 1.08 bits per heavy atom. The highest BCUT2D eigenvalue weighted by molar-refractivity contribution is 7.89. The van der Waals surface area contributed by atoms with E-state index in [1.165, 1.54) is 59.8 Å². The van der Waals surface area contributed by atoms with E-state index in [-0.39, 0.29) is 22.4 Å². The van der Waals surface area contributed by atoms with Crippen LogP contribution in [0.25, 0.3) is 0 Å². The molecule has 12 nitrogen and oxygen atoms in total. The van der Waals surface area contributed by atoms with Crippen LogP contribution in [0.5, 0.6) is 0 Å². The minimum Gasteiger partial charge on any atom is -0.325 e. The van der Waals surface area contributed by atoms with Crippen molar-refractivity contribution in [1.29, 1.82) is 0 Å². The summed E-state index contributed by atoms with van der Waals surface area (Å²) >= 11 is 0. The van der Waals surface area contributed by atoms with E-state index in [4.69, 9.17) is 0 Å². The van der Waals surface area contributed by atoms with Gasteiger partial charge in [-0.15, -0.1) is 0 Å². The number of hydrogen-bond donors (Lipinski definition) is 2. The quantitative estimate of drug-likeness (QED) is 0.308. The predicted octanol–water partition coefficient (Wildman–Crippen LogP) is 2.67. The molecule has 2 heterocycles. The van der Waals surface area contributed by atoms with Gasteiger partial charge in [0, 0.05) is 30.9 Å². The average molecular weight is 544 g/mol. The van der Waals surface area contributed by atoms with Gasteiger partial charge in [-0.2, -0.15) is 4.31 Å². The Kier molecular flexibility index (Phi) is 7.26. The van der Waals surface area contributed by atoms with E-state index in [1.807, 2.05) is 13.8 Å². The molecule has 38 heavy (non-hydrogen) atoms. The third-order valence-electron chi connectivity index (χ3n) is 6.84. The molecule has 0 radical (unpaired) electrons. The number of rotatable bonds is 7. The van der Waals surface area contributed by atoms with Crippen LogP contribution in [0, 0.1) is 22.0 Å². The summed E-state index contributed by atoms with van der Waals surface area (Å²) < 4.78 is 27.6. The fraction of sp³-hybridized carbons (Fsp3) is 0.400. The highest BCUT2D eigenvalue weighted by Gasteiger charge is 2.49. The van der Waals surface area contributed by atoms with E-state index in [1.54, 1.807) is 0 Å². The van der Waals surface area contributed by atoms with E-state index in [9.17, 15) is 32.9 Å². The van der Waals surface area contributed by atoms with Crippen LogP contribution >= 0.6 is 0 Å². The van der Waals surface area contributed by atoms with Crippen molar-refractivity contribution in [3.05, 3.63) is 64.2 Å². The van der Waals surface area contributed by atoms with Crippen molar-refractivity contribution in [3.63, 3.8) is 0 Å². The molecular formula is C25H29N5O7S. The first-order valence-electron chi connectivity index (χ1n) is 12.1. The van der Waals surface area contributed by atoms with Gasteiger partial charge in [-0.05, 0) is 67.1 Å². The molecule has 2 N–H and O–H groups in total. The van der Waals surface area contributed by atoms with Gasteiger partial charge in [-0.3, -0.25) is 24.6 Å². The molecule has 0 aromatic heterocycles. The third kappa shape index (κ3) is 5.24. The minimum atomic E-state index is -3.68. The van der Waals surface area contributed by atoms with Crippen LogP contribution in [-0.2, 0) is 25.2 Å². The number of non-ortho nitro benzene ring substituents is 1. The number of amides is 4. The fourth-order valence-corrected chi connectivity index (χ4v) is 6.64. The van der Waals surface area contributed by atoms with Crippen molar-refractivity contribution >= 4 is 39.2 Å². The number of sulfonamides is 1. The lowest BCUT2D eigenvalue weighted by molar-refractivity contribution is -0.384.